The van der Waals surface area contributed by atoms with Gasteiger partial charge in [0.15, 0.2) is 0 Å². The van der Waals surface area contributed by atoms with Crippen molar-refractivity contribution < 1.29 is 8.42 Å². The standard InChI is InChI=1S/C15H29N3O2S/c1-12-8-13(2)10-17(9-12)21(19,20)18(15-5-6-15)11-14-4-3-7-16-14/h12-16H,3-11H2,1-2H3. The molecule has 2 heterocycles. The van der Waals surface area contributed by atoms with E-state index in [1.54, 1.807) is 8.61 Å². The highest BCUT2D eigenvalue weighted by atomic mass is 32.2. The third-order valence-electron chi connectivity index (χ3n) is 4.97. The molecule has 1 saturated carbocycles. The van der Waals surface area contributed by atoms with Crippen molar-refractivity contribution in [3.8, 4) is 0 Å². The third-order valence-corrected chi connectivity index (χ3v) is 6.97. The zero-order valence-corrected chi connectivity index (χ0v) is 14.1. The maximum Gasteiger partial charge on any atom is 0.282 e. The number of piperidine rings is 1. The van der Waals surface area contributed by atoms with Gasteiger partial charge in [-0.15, -0.1) is 0 Å². The first-order valence-electron chi connectivity index (χ1n) is 8.47. The number of nitrogens with one attached hydrogen (secondary N) is 1. The van der Waals surface area contributed by atoms with Gasteiger partial charge in [0.05, 0.1) is 0 Å². The van der Waals surface area contributed by atoms with E-state index in [9.17, 15) is 8.42 Å². The normalized spacial score (nSPS) is 35.5. The summed E-state index contributed by atoms with van der Waals surface area (Å²) in [6.45, 7) is 7.39. The summed E-state index contributed by atoms with van der Waals surface area (Å²) in [7, 11) is -3.29. The number of nitrogens with zero attached hydrogens (tertiary/aromatic N) is 2. The topological polar surface area (TPSA) is 52.7 Å². The predicted octanol–water partition coefficient (Wildman–Crippen LogP) is 1.43. The van der Waals surface area contributed by atoms with Crippen LogP contribution in [-0.2, 0) is 10.2 Å². The summed E-state index contributed by atoms with van der Waals surface area (Å²) in [5.74, 6) is 0.934. The van der Waals surface area contributed by atoms with Gasteiger partial charge >= 0.3 is 0 Å². The van der Waals surface area contributed by atoms with E-state index in [2.05, 4.69) is 19.2 Å². The van der Waals surface area contributed by atoms with Crippen molar-refractivity contribution in [1.29, 1.82) is 0 Å². The van der Waals surface area contributed by atoms with Crippen molar-refractivity contribution in [1.82, 2.24) is 13.9 Å². The molecule has 1 aliphatic carbocycles. The highest BCUT2D eigenvalue weighted by Crippen LogP contribution is 2.33. The zero-order valence-electron chi connectivity index (χ0n) is 13.3. The molecule has 3 fully saturated rings. The van der Waals surface area contributed by atoms with Crippen LogP contribution in [0.5, 0.6) is 0 Å². The van der Waals surface area contributed by atoms with Crippen molar-refractivity contribution >= 4 is 10.2 Å². The minimum absolute atomic E-state index is 0.255. The van der Waals surface area contributed by atoms with E-state index in [1.807, 2.05) is 0 Å². The zero-order chi connectivity index (χ0) is 15.0. The molecular weight excluding hydrogens is 286 g/mol. The number of rotatable bonds is 5. The lowest BCUT2D eigenvalue weighted by atomic mass is 9.94. The van der Waals surface area contributed by atoms with Crippen LogP contribution in [0.2, 0.25) is 0 Å². The van der Waals surface area contributed by atoms with E-state index in [-0.39, 0.29) is 6.04 Å². The summed E-state index contributed by atoms with van der Waals surface area (Å²) in [6, 6.07) is 0.602. The molecule has 3 aliphatic rings. The Bertz CT molecular complexity index is 448. The van der Waals surface area contributed by atoms with E-state index < -0.39 is 10.2 Å². The summed E-state index contributed by atoms with van der Waals surface area (Å²) in [5, 5.41) is 3.44. The molecule has 3 atom stereocenters. The van der Waals surface area contributed by atoms with E-state index >= 15 is 0 Å². The molecule has 0 spiro atoms. The van der Waals surface area contributed by atoms with Crippen LogP contribution in [0, 0.1) is 11.8 Å². The molecule has 0 amide bonds. The first-order chi connectivity index (χ1) is 9.96. The molecule has 3 rings (SSSR count). The largest absolute Gasteiger partial charge is 0.313 e. The Morgan fingerprint density at radius 3 is 2.33 bits per heavy atom. The highest BCUT2D eigenvalue weighted by Gasteiger charge is 2.43. The quantitative estimate of drug-likeness (QED) is 0.835. The second-order valence-electron chi connectivity index (χ2n) is 7.36. The average molecular weight is 315 g/mol. The first-order valence-corrected chi connectivity index (χ1v) is 9.87. The smallest absolute Gasteiger partial charge is 0.282 e. The molecule has 0 aromatic carbocycles. The molecule has 122 valence electrons. The minimum atomic E-state index is -3.29. The van der Waals surface area contributed by atoms with Gasteiger partial charge < -0.3 is 5.32 Å². The Morgan fingerprint density at radius 1 is 1.14 bits per heavy atom. The maximum atomic E-state index is 13.1. The maximum absolute atomic E-state index is 13.1. The van der Waals surface area contributed by atoms with Crippen LogP contribution >= 0.6 is 0 Å². The van der Waals surface area contributed by atoms with Crippen LogP contribution < -0.4 is 5.32 Å². The summed E-state index contributed by atoms with van der Waals surface area (Å²) in [6.07, 6.45) is 5.47. The van der Waals surface area contributed by atoms with Crippen LogP contribution in [0.3, 0.4) is 0 Å². The van der Waals surface area contributed by atoms with Gasteiger partial charge in [-0.1, -0.05) is 13.8 Å². The average Bonchev–Trinajstić information content (AvgIpc) is 3.11. The molecule has 2 aliphatic heterocycles. The summed E-state index contributed by atoms with van der Waals surface area (Å²) < 4.78 is 29.7. The molecule has 1 N–H and O–H groups in total. The third kappa shape index (κ3) is 3.60. The molecule has 6 heteroatoms. The van der Waals surface area contributed by atoms with E-state index in [0.29, 0.717) is 37.5 Å². The molecule has 5 nitrogen and oxygen atoms in total. The molecule has 0 aromatic rings. The van der Waals surface area contributed by atoms with E-state index in [0.717, 1.165) is 32.2 Å². The summed E-state index contributed by atoms with van der Waals surface area (Å²) in [4.78, 5) is 0. The van der Waals surface area contributed by atoms with Gasteiger partial charge in [0.1, 0.15) is 0 Å². The van der Waals surface area contributed by atoms with Crippen LogP contribution in [0.1, 0.15) is 46.0 Å². The molecule has 2 saturated heterocycles. The first kappa shape index (κ1) is 15.7. The van der Waals surface area contributed by atoms with Crippen LogP contribution in [0.25, 0.3) is 0 Å². The Labute approximate surface area is 129 Å². The van der Waals surface area contributed by atoms with E-state index in [4.69, 9.17) is 0 Å². The molecule has 0 radical (unpaired) electrons. The van der Waals surface area contributed by atoms with Crippen LogP contribution in [-0.4, -0.2) is 55.3 Å². The highest BCUT2D eigenvalue weighted by molar-refractivity contribution is 7.86. The Balaban J connectivity index is 1.73. The fourth-order valence-electron chi connectivity index (χ4n) is 3.87. The Kier molecular flexibility index (Phi) is 4.60. The van der Waals surface area contributed by atoms with Crippen molar-refractivity contribution in [2.45, 2.75) is 58.0 Å². The van der Waals surface area contributed by atoms with Crippen molar-refractivity contribution in [2.24, 2.45) is 11.8 Å². The molecule has 0 bridgehead atoms. The fourth-order valence-corrected chi connectivity index (χ4v) is 6.00. The van der Waals surface area contributed by atoms with Gasteiger partial charge in [-0.05, 0) is 50.5 Å². The lowest BCUT2D eigenvalue weighted by Crippen LogP contribution is -2.52. The Morgan fingerprint density at radius 2 is 1.81 bits per heavy atom. The SMILES string of the molecule is CC1CC(C)CN(S(=O)(=O)N(CC2CCCN2)C2CC2)C1. The van der Waals surface area contributed by atoms with Crippen LogP contribution in [0.4, 0.5) is 0 Å². The summed E-state index contributed by atoms with van der Waals surface area (Å²) in [5.41, 5.74) is 0. The molecule has 0 aromatic heterocycles. The van der Waals surface area contributed by atoms with Gasteiger partial charge in [0, 0.05) is 31.7 Å². The molecule has 3 unspecified atom stereocenters. The second-order valence-corrected chi connectivity index (χ2v) is 9.25. The fraction of sp³-hybridized carbons (Fsp3) is 1.00. The van der Waals surface area contributed by atoms with Crippen LogP contribution in [0.15, 0.2) is 0 Å². The van der Waals surface area contributed by atoms with Crippen molar-refractivity contribution in [2.75, 3.05) is 26.2 Å². The van der Waals surface area contributed by atoms with Crippen molar-refractivity contribution in [3.63, 3.8) is 0 Å². The van der Waals surface area contributed by atoms with Gasteiger partial charge in [0.2, 0.25) is 0 Å². The monoisotopic (exact) mass is 315 g/mol. The molecule has 21 heavy (non-hydrogen) atoms. The van der Waals surface area contributed by atoms with Gasteiger partial charge in [-0.25, -0.2) is 0 Å². The number of hydrogen-bond donors (Lipinski definition) is 1. The lowest BCUT2D eigenvalue weighted by molar-refractivity contribution is 0.205. The number of hydrogen-bond acceptors (Lipinski definition) is 3. The summed E-state index contributed by atoms with van der Waals surface area (Å²) >= 11 is 0. The van der Waals surface area contributed by atoms with E-state index in [1.165, 1.54) is 6.42 Å². The minimum Gasteiger partial charge on any atom is -0.313 e. The van der Waals surface area contributed by atoms with Crippen molar-refractivity contribution in [3.05, 3.63) is 0 Å². The molecular formula is C15H29N3O2S. The van der Waals surface area contributed by atoms with Gasteiger partial charge in [-0.2, -0.15) is 17.0 Å². The lowest BCUT2D eigenvalue weighted by Gasteiger charge is -2.38. The second kappa shape index (κ2) is 6.14. The van der Waals surface area contributed by atoms with Gasteiger partial charge in [-0.3, -0.25) is 0 Å². The van der Waals surface area contributed by atoms with Gasteiger partial charge in [0.25, 0.3) is 10.2 Å². The Hall–Kier alpha value is -0.170. The predicted molar refractivity (Wildman–Crippen MR) is 84.2 cm³/mol.